The highest BCUT2D eigenvalue weighted by Crippen LogP contribution is 2.20. The third-order valence-corrected chi connectivity index (χ3v) is 2.04. The van der Waals surface area contributed by atoms with Crippen LogP contribution in [0.1, 0.15) is 15.9 Å². The predicted molar refractivity (Wildman–Crippen MR) is 60.5 cm³/mol. The van der Waals surface area contributed by atoms with Crippen LogP contribution in [0.5, 0.6) is 0 Å². The highest BCUT2D eigenvalue weighted by Gasteiger charge is 2.19. The molecule has 0 aromatic heterocycles. The fourth-order valence-electron chi connectivity index (χ4n) is 1.28. The maximum absolute atomic E-state index is 10.8. The number of nitro benzene ring substituents is 1. The monoisotopic (exact) mass is 242 g/mol. The number of thiol groups is 1. The molecule has 0 aliphatic carbocycles. The largest absolute Gasteiger partial charge is 0.477 e. The summed E-state index contributed by atoms with van der Waals surface area (Å²) in [6, 6.07) is 3.99. The summed E-state index contributed by atoms with van der Waals surface area (Å²) in [5.41, 5.74) is -0.0590. The van der Waals surface area contributed by atoms with Crippen LogP contribution in [0, 0.1) is 10.1 Å². The minimum absolute atomic E-state index is 0.308. The minimum atomic E-state index is -1.31. The summed E-state index contributed by atoms with van der Waals surface area (Å²) >= 11 is 4.01. The van der Waals surface area contributed by atoms with Gasteiger partial charge in [-0.15, -0.1) is 0 Å². The minimum Gasteiger partial charge on any atom is -0.477 e. The van der Waals surface area contributed by atoms with E-state index in [2.05, 4.69) is 12.8 Å². The van der Waals surface area contributed by atoms with Gasteiger partial charge in [-0.25, -0.2) is 4.79 Å². The van der Waals surface area contributed by atoms with Crippen molar-refractivity contribution in [3.05, 3.63) is 39.4 Å². The summed E-state index contributed by atoms with van der Waals surface area (Å²) in [6.07, 6.45) is 0. The lowest BCUT2D eigenvalue weighted by molar-refractivity contribution is -0.385. The van der Waals surface area contributed by atoms with Crippen LogP contribution < -0.4 is 0 Å². The molecule has 0 saturated heterocycles. The zero-order valence-electron chi connectivity index (χ0n) is 8.45. The van der Waals surface area contributed by atoms with Crippen molar-refractivity contribution in [2.24, 2.45) is 0 Å². The van der Waals surface area contributed by atoms with Crippen molar-refractivity contribution in [2.75, 3.05) is 7.05 Å². The number of hydrogen-bond acceptors (Lipinski definition) is 5. The third-order valence-electron chi connectivity index (χ3n) is 1.90. The van der Waals surface area contributed by atoms with E-state index < -0.39 is 16.6 Å². The molecule has 0 bridgehead atoms. The van der Waals surface area contributed by atoms with E-state index in [-0.39, 0.29) is 5.56 Å². The summed E-state index contributed by atoms with van der Waals surface area (Å²) in [6.45, 7) is 0.404. The van der Waals surface area contributed by atoms with E-state index in [0.717, 1.165) is 0 Å². The van der Waals surface area contributed by atoms with Gasteiger partial charge in [-0.05, 0) is 18.7 Å². The zero-order chi connectivity index (χ0) is 12.3. The van der Waals surface area contributed by atoms with E-state index in [9.17, 15) is 14.9 Å². The smallest absolute Gasteiger partial charge is 0.342 e. The molecule has 86 valence electrons. The van der Waals surface area contributed by atoms with Crippen LogP contribution in [-0.2, 0) is 6.54 Å². The first-order chi connectivity index (χ1) is 7.41. The van der Waals surface area contributed by atoms with Gasteiger partial charge in [0.25, 0.3) is 5.69 Å². The van der Waals surface area contributed by atoms with Crippen molar-refractivity contribution in [3.8, 4) is 0 Å². The summed E-state index contributed by atoms with van der Waals surface area (Å²) in [4.78, 5) is 20.7. The van der Waals surface area contributed by atoms with Gasteiger partial charge in [0, 0.05) is 12.6 Å². The van der Waals surface area contributed by atoms with E-state index in [1.165, 1.54) is 18.2 Å². The van der Waals surface area contributed by atoms with Crippen molar-refractivity contribution in [1.82, 2.24) is 4.31 Å². The molecule has 1 rings (SSSR count). The first kappa shape index (κ1) is 12.5. The average molecular weight is 242 g/mol. The molecule has 0 saturated carbocycles. The van der Waals surface area contributed by atoms with Gasteiger partial charge in [0.2, 0.25) is 0 Å². The van der Waals surface area contributed by atoms with Crippen LogP contribution >= 0.6 is 12.8 Å². The average Bonchev–Trinajstić information content (AvgIpc) is 2.16. The van der Waals surface area contributed by atoms with E-state index in [0.29, 0.717) is 12.1 Å². The Bertz CT molecular complexity index is 434. The third kappa shape index (κ3) is 2.94. The highest BCUT2D eigenvalue weighted by molar-refractivity contribution is 7.77. The number of carboxylic acid groups (broad SMARTS) is 1. The molecule has 1 aromatic carbocycles. The number of carboxylic acids is 1. The van der Waals surface area contributed by atoms with Gasteiger partial charge in [-0.2, -0.15) is 0 Å². The van der Waals surface area contributed by atoms with Crippen molar-refractivity contribution < 1.29 is 14.8 Å². The van der Waals surface area contributed by atoms with Crippen LogP contribution in [0.2, 0.25) is 0 Å². The number of carbonyl (C=O) groups is 1. The fourth-order valence-corrected chi connectivity index (χ4v) is 1.44. The Hall–Kier alpha value is -1.60. The van der Waals surface area contributed by atoms with Crippen LogP contribution in [0.4, 0.5) is 5.69 Å². The van der Waals surface area contributed by atoms with E-state index >= 15 is 0 Å². The first-order valence-electron chi connectivity index (χ1n) is 4.32. The molecule has 0 atom stereocenters. The van der Waals surface area contributed by atoms with Crippen molar-refractivity contribution in [3.63, 3.8) is 0 Å². The van der Waals surface area contributed by atoms with Crippen LogP contribution in [0.3, 0.4) is 0 Å². The molecule has 0 heterocycles. The van der Waals surface area contributed by atoms with Gasteiger partial charge in [-0.3, -0.25) is 14.4 Å². The molecule has 7 heteroatoms. The van der Waals surface area contributed by atoms with Gasteiger partial charge >= 0.3 is 5.97 Å². The molecule has 6 nitrogen and oxygen atoms in total. The molecular formula is C9H10N2O4S. The number of nitro groups is 1. The van der Waals surface area contributed by atoms with Gasteiger partial charge in [0.1, 0.15) is 5.56 Å². The summed E-state index contributed by atoms with van der Waals surface area (Å²) in [7, 11) is 1.70. The molecule has 1 N–H and O–H groups in total. The standard InChI is InChI=1S/C9H10N2O4S/c1-10(16)5-6-2-3-8(11(14)15)7(4-6)9(12)13/h2-4,16H,5H2,1H3,(H,12,13). The topological polar surface area (TPSA) is 83.7 Å². The Morgan fingerprint density at radius 3 is 2.69 bits per heavy atom. The molecule has 0 aliphatic heterocycles. The number of benzene rings is 1. The Balaban J connectivity index is 3.17. The second-order valence-electron chi connectivity index (χ2n) is 3.23. The zero-order valence-corrected chi connectivity index (χ0v) is 9.35. The number of aromatic carboxylic acids is 1. The molecule has 0 spiro atoms. The molecule has 0 unspecified atom stereocenters. The first-order valence-corrected chi connectivity index (χ1v) is 4.72. The molecule has 0 fully saturated rings. The maximum Gasteiger partial charge on any atom is 0.342 e. The summed E-state index contributed by atoms with van der Waals surface area (Å²) in [5, 5.41) is 19.4. The fraction of sp³-hybridized carbons (Fsp3) is 0.222. The Morgan fingerprint density at radius 1 is 1.62 bits per heavy atom. The Labute approximate surface area is 97.2 Å². The second-order valence-corrected chi connectivity index (χ2v) is 3.91. The summed E-state index contributed by atoms with van der Waals surface area (Å²) in [5.74, 6) is -1.31. The SMILES string of the molecule is CN(S)Cc1ccc([N+](=O)[O-])c(C(=O)O)c1. The van der Waals surface area contributed by atoms with Crippen LogP contribution in [-0.4, -0.2) is 27.4 Å². The quantitative estimate of drug-likeness (QED) is 0.475. The molecule has 16 heavy (non-hydrogen) atoms. The summed E-state index contributed by atoms with van der Waals surface area (Å²) < 4.78 is 1.55. The van der Waals surface area contributed by atoms with E-state index in [1.807, 2.05) is 0 Å². The number of rotatable bonds is 4. The molecule has 1 aromatic rings. The predicted octanol–water partition coefficient (Wildman–Crippen LogP) is 1.57. The molecule has 0 radical (unpaired) electrons. The number of hydrogen-bond donors (Lipinski definition) is 2. The van der Waals surface area contributed by atoms with Gasteiger partial charge < -0.3 is 5.11 Å². The molecule has 0 amide bonds. The molecule has 0 aliphatic rings. The van der Waals surface area contributed by atoms with Gasteiger partial charge in [-0.1, -0.05) is 18.9 Å². The van der Waals surface area contributed by atoms with Gasteiger partial charge in [0.05, 0.1) is 4.92 Å². The van der Waals surface area contributed by atoms with Crippen LogP contribution in [0.15, 0.2) is 18.2 Å². The van der Waals surface area contributed by atoms with E-state index in [1.54, 1.807) is 11.4 Å². The lowest BCUT2D eigenvalue weighted by Crippen LogP contribution is -2.07. The number of nitrogens with zero attached hydrogens (tertiary/aromatic N) is 2. The van der Waals surface area contributed by atoms with Crippen molar-refractivity contribution in [2.45, 2.75) is 6.54 Å². The Morgan fingerprint density at radius 2 is 2.25 bits per heavy atom. The van der Waals surface area contributed by atoms with Crippen molar-refractivity contribution >= 4 is 24.5 Å². The van der Waals surface area contributed by atoms with E-state index in [4.69, 9.17) is 5.11 Å². The Kier molecular flexibility index (Phi) is 3.86. The van der Waals surface area contributed by atoms with Crippen LogP contribution in [0.25, 0.3) is 0 Å². The lowest BCUT2D eigenvalue weighted by Gasteiger charge is -2.08. The highest BCUT2D eigenvalue weighted by atomic mass is 32.1. The lowest BCUT2D eigenvalue weighted by atomic mass is 10.1. The molecular weight excluding hydrogens is 232 g/mol. The maximum atomic E-state index is 10.8. The normalized spacial score (nSPS) is 10.4. The second kappa shape index (κ2) is 4.95. The van der Waals surface area contributed by atoms with Crippen molar-refractivity contribution in [1.29, 1.82) is 0 Å². The van der Waals surface area contributed by atoms with Gasteiger partial charge in [0.15, 0.2) is 0 Å².